The molecule has 1 aliphatic rings. The highest BCUT2D eigenvalue weighted by Crippen LogP contribution is 2.32. The van der Waals surface area contributed by atoms with Gasteiger partial charge >= 0.3 is 11.7 Å². The molecule has 1 unspecified atom stereocenters. The molecule has 1 saturated heterocycles. The first-order chi connectivity index (χ1) is 9.43. The number of hydrogen-bond donors (Lipinski definition) is 2. The van der Waals surface area contributed by atoms with Crippen molar-refractivity contribution < 1.29 is 19.4 Å². The fourth-order valence-corrected chi connectivity index (χ4v) is 2.23. The number of nitrogens with zero attached hydrogens (tertiary/aromatic N) is 1. The minimum Gasteiger partial charge on any atom is -0.455 e. The maximum Gasteiger partial charge on any atom is 0.330 e. The topological polar surface area (TPSA) is 111 Å². The van der Waals surface area contributed by atoms with E-state index in [2.05, 4.69) is 4.98 Å². The van der Waals surface area contributed by atoms with Gasteiger partial charge < -0.3 is 14.6 Å². The van der Waals surface area contributed by atoms with Crippen LogP contribution in [0.3, 0.4) is 0 Å². The van der Waals surface area contributed by atoms with Crippen molar-refractivity contribution in [1.29, 1.82) is 0 Å². The van der Waals surface area contributed by atoms with Crippen molar-refractivity contribution in [2.45, 2.75) is 44.8 Å². The van der Waals surface area contributed by atoms with Crippen molar-refractivity contribution >= 4 is 5.97 Å². The van der Waals surface area contributed by atoms with Crippen LogP contribution in [-0.2, 0) is 14.3 Å². The zero-order valence-corrected chi connectivity index (χ0v) is 11.1. The largest absolute Gasteiger partial charge is 0.455 e. The Morgan fingerprint density at radius 3 is 2.80 bits per heavy atom. The number of aromatic amines is 1. The standard InChI is InChI=1S/C12H16N2O6/c1-3-7-9(17)10(19-6(2)15)11(20-7)14-5-4-8(16)13-12(14)18/h4-5,7,9-11,17H,3H2,1-2H3,(H,13,16,18)/t7-,9?,10+,11-/m1/s1. The quantitative estimate of drug-likeness (QED) is 0.698. The van der Waals surface area contributed by atoms with Crippen molar-refractivity contribution in [3.05, 3.63) is 33.1 Å². The predicted octanol–water partition coefficient (Wildman–Crippen LogP) is -0.863. The predicted molar refractivity (Wildman–Crippen MR) is 67.1 cm³/mol. The summed E-state index contributed by atoms with van der Waals surface area (Å²) >= 11 is 0. The molecular formula is C12H16N2O6. The van der Waals surface area contributed by atoms with E-state index in [1.54, 1.807) is 6.92 Å². The van der Waals surface area contributed by atoms with Gasteiger partial charge in [0, 0.05) is 19.2 Å². The molecule has 110 valence electrons. The molecule has 8 nitrogen and oxygen atoms in total. The van der Waals surface area contributed by atoms with Gasteiger partial charge in [0.25, 0.3) is 5.56 Å². The molecule has 0 spiro atoms. The van der Waals surface area contributed by atoms with E-state index in [9.17, 15) is 19.5 Å². The third-order valence-electron chi connectivity index (χ3n) is 3.14. The molecule has 1 aromatic rings. The van der Waals surface area contributed by atoms with Crippen LogP contribution in [0.15, 0.2) is 21.9 Å². The van der Waals surface area contributed by atoms with Crippen LogP contribution in [0.25, 0.3) is 0 Å². The van der Waals surface area contributed by atoms with Gasteiger partial charge in [-0.05, 0) is 6.42 Å². The Morgan fingerprint density at radius 2 is 2.25 bits per heavy atom. The summed E-state index contributed by atoms with van der Waals surface area (Å²) in [5, 5.41) is 10.1. The summed E-state index contributed by atoms with van der Waals surface area (Å²) in [6.45, 7) is 3.01. The van der Waals surface area contributed by atoms with Crippen LogP contribution in [0.2, 0.25) is 0 Å². The van der Waals surface area contributed by atoms with Crippen LogP contribution < -0.4 is 11.2 Å². The molecule has 4 atom stereocenters. The highest BCUT2D eigenvalue weighted by molar-refractivity contribution is 5.66. The Morgan fingerprint density at radius 1 is 1.55 bits per heavy atom. The molecule has 0 aromatic carbocycles. The van der Waals surface area contributed by atoms with E-state index in [0.717, 1.165) is 10.6 Å². The van der Waals surface area contributed by atoms with Crippen molar-refractivity contribution in [1.82, 2.24) is 9.55 Å². The van der Waals surface area contributed by atoms with Crippen molar-refractivity contribution in [2.75, 3.05) is 0 Å². The van der Waals surface area contributed by atoms with Crippen molar-refractivity contribution in [3.63, 3.8) is 0 Å². The lowest BCUT2D eigenvalue weighted by Gasteiger charge is -2.21. The molecule has 0 radical (unpaired) electrons. The zero-order valence-electron chi connectivity index (χ0n) is 11.1. The summed E-state index contributed by atoms with van der Waals surface area (Å²) in [5.41, 5.74) is -1.23. The van der Waals surface area contributed by atoms with Gasteiger partial charge in [0.2, 0.25) is 0 Å². The summed E-state index contributed by atoms with van der Waals surface area (Å²) in [6, 6.07) is 1.15. The van der Waals surface area contributed by atoms with Gasteiger partial charge in [0.05, 0.1) is 6.10 Å². The minimum atomic E-state index is -1.03. The highest BCUT2D eigenvalue weighted by atomic mass is 16.6. The number of carbonyl (C=O) groups excluding carboxylic acids is 1. The first kappa shape index (κ1) is 14.5. The average molecular weight is 284 g/mol. The van der Waals surface area contributed by atoms with Crippen LogP contribution in [0.5, 0.6) is 0 Å². The Hall–Kier alpha value is -1.93. The Labute approximate surface area is 114 Å². The summed E-state index contributed by atoms with van der Waals surface area (Å²) in [7, 11) is 0. The lowest BCUT2D eigenvalue weighted by atomic mass is 10.1. The number of aliphatic hydroxyl groups is 1. The van der Waals surface area contributed by atoms with E-state index in [4.69, 9.17) is 9.47 Å². The molecule has 2 rings (SSSR count). The monoisotopic (exact) mass is 284 g/mol. The summed E-state index contributed by atoms with van der Waals surface area (Å²) in [4.78, 5) is 36.0. The molecule has 0 bridgehead atoms. The van der Waals surface area contributed by atoms with Gasteiger partial charge in [-0.15, -0.1) is 0 Å². The molecule has 0 saturated carbocycles. The Balaban J connectivity index is 2.39. The fraction of sp³-hybridized carbons (Fsp3) is 0.583. The lowest BCUT2D eigenvalue weighted by Crippen LogP contribution is -2.39. The van der Waals surface area contributed by atoms with Gasteiger partial charge in [-0.3, -0.25) is 19.1 Å². The Kier molecular flexibility index (Phi) is 4.05. The molecule has 8 heteroatoms. The van der Waals surface area contributed by atoms with Gasteiger partial charge in [-0.25, -0.2) is 4.79 Å². The molecule has 0 aliphatic carbocycles. The summed E-state index contributed by atoms with van der Waals surface area (Å²) in [5.74, 6) is -0.586. The van der Waals surface area contributed by atoms with Gasteiger partial charge in [-0.2, -0.15) is 0 Å². The maximum atomic E-state index is 11.8. The van der Waals surface area contributed by atoms with Crippen LogP contribution in [-0.4, -0.2) is 38.9 Å². The summed E-state index contributed by atoms with van der Waals surface area (Å²) < 4.78 is 11.7. The number of rotatable bonds is 3. The molecular weight excluding hydrogens is 268 g/mol. The molecule has 1 aliphatic heterocycles. The van der Waals surface area contributed by atoms with E-state index in [-0.39, 0.29) is 0 Å². The zero-order chi connectivity index (χ0) is 14.9. The molecule has 2 N–H and O–H groups in total. The van der Waals surface area contributed by atoms with E-state index in [1.165, 1.54) is 13.1 Å². The number of ether oxygens (including phenoxy) is 2. The molecule has 1 fully saturated rings. The second-order valence-corrected chi connectivity index (χ2v) is 4.56. The van der Waals surface area contributed by atoms with Gasteiger partial charge in [0.1, 0.15) is 6.10 Å². The SMILES string of the molecule is CC[C@H]1O[C@@H](n2ccc(=O)[nH]c2=O)[C@@H](OC(C)=O)C1O. The molecule has 1 aromatic heterocycles. The van der Waals surface area contributed by atoms with E-state index >= 15 is 0 Å². The smallest absolute Gasteiger partial charge is 0.330 e. The average Bonchev–Trinajstić information content (AvgIpc) is 2.66. The number of nitrogens with one attached hydrogen (secondary N) is 1. The minimum absolute atomic E-state index is 0.494. The third-order valence-corrected chi connectivity index (χ3v) is 3.14. The second kappa shape index (κ2) is 5.59. The number of aliphatic hydroxyl groups excluding tert-OH is 1. The highest BCUT2D eigenvalue weighted by Gasteiger charge is 2.46. The second-order valence-electron chi connectivity index (χ2n) is 4.56. The van der Waals surface area contributed by atoms with Crippen LogP contribution >= 0.6 is 0 Å². The number of carbonyl (C=O) groups is 1. The molecule has 2 heterocycles. The third kappa shape index (κ3) is 2.66. The number of aromatic nitrogens is 2. The van der Waals surface area contributed by atoms with Gasteiger partial charge in [0.15, 0.2) is 12.3 Å². The fourth-order valence-electron chi connectivity index (χ4n) is 2.23. The molecule has 0 amide bonds. The first-order valence-electron chi connectivity index (χ1n) is 6.26. The number of hydrogen-bond acceptors (Lipinski definition) is 6. The summed E-state index contributed by atoms with van der Waals surface area (Å²) in [6.07, 6.45) is -1.82. The maximum absolute atomic E-state index is 11.8. The number of H-pyrrole nitrogens is 1. The van der Waals surface area contributed by atoms with E-state index in [1.807, 2.05) is 0 Å². The first-order valence-corrected chi connectivity index (χ1v) is 6.26. The molecule has 20 heavy (non-hydrogen) atoms. The van der Waals surface area contributed by atoms with Crippen molar-refractivity contribution in [2.24, 2.45) is 0 Å². The normalized spacial score (nSPS) is 29.4. The van der Waals surface area contributed by atoms with Crippen molar-refractivity contribution in [3.8, 4) is 0 Å². The van der Waals surface area contributed by atoms with Crippen LogP contribution in [0, 0.1) is 0 Å². The number of esters is 1. The van der Waals surface area contributed by atoms with Crippen LogP contribution in [0.4, 0.5) is 0 Å². The van der Waals surface area contributed by atoms with Gasteiger partial charge in [-0.1, -0.05) is 6.92 Å². The van der Waals surface area contributed by atoms with E-state index in [0.29, 0.717) is 6.42 Å². The Bertz CT molecular complexity index is 606. The van der Waals surface area contributed by atoms with Crippen LogP contribution in [0.1, 0.15) is 26.5 Å². The lowest BCUT2D eigenvalue weighted by molar-refractivity contribution is -0.156. The van der Waals surface area contributed by atoms with E-state index < -0.39 is 41.8 Å².